The summed E-state index contributed by atoms with van der Waals surface area (Å²) < 4.78 is 14.3. The number of fused-ring (bicyclic) bond motifs is 1. The summed E-state index contributed by atoms with van der Waals surface area (Å²) >= 11 is 0. The zero-order chi connectivity index (χ0) is 21.2. The van der Waals surface area contributed by atoms with E-state index in [-0.39, 0.29) is 5.82 Å². The molecule has 6 heteroatoms. The molecule has 3 aromatic rings. The molecule has 0 radical (unpaired) electrons. The maximum atomic E-state index is 14.3. The summed E-state index contributed by atoms with van der Waals surface area (Å²) in [5.41, 5.74) is 4.89. The van der Waals surface area contributed by atoms with Crippen LogP contribution in [0.25, 0.3) is 10.9 Å². The van der Waals surface area contributed by atoms with Crippen molar-refractivity contribution in [3.63, 3.8) is 0 Å². The van der Waals surface area contributed by atoms with Gasteiger partial charge in [0, 0.05) is 52.0 Å². The first-order valence-corrected chi connectivity index (χ1v) is 11.2. The summed E-state index contributed by atoms with van der Waals surface area (Å²) in [7, 11) is 0. The number of halogens is 1. The van der Waals surface area contributed by atoms with Crippen molar-refractivity contribution in [3.8, 4) is 6.07 Å². The van der Waals surface area contributed by atoms with Crippen LogP contribution < -0.4 is 10.2 Å². The van der Waals surface area contributed by atoms with Gasteiger partial charge in [-0.15, -0.1) is 0 Å². The van der Waals surface area contributed by atoms with Gasteiger partial charge >= 0.3 is 0 Å². The highest BCUT2D eigenvalue weighted by Gasteiger charge is 2.23. The average molecular weight is 418 g/mol. The summed E-state index contributed by atoms with van der Waals surface area (Å²) in [5, 5.41) is 13.1. The van der Waals surface area contributed by atoms with E-state index in [2.05, 4.69) is 50.4 Å². The second-order valence-electron chi connectivity index (χ2n) is 8.66. The van der Waals surface area contributed by atoms with E-state index in [0.717, 1.165) is 69.9 Å². The van der Waals surface area contributed by atoms with Crippen LogP contribution >= 0.6 is 0 Å². The molecule has 2 aromatic carbocycles. The molecule has 0 saturated carbocycles. The van der Waals surface area contributed by atoms with Crippen molar-refractivity contribution in [2.45, 2.75) is 25.3 Å². The molecule has 2 aliphatic heterocycles. The van der Waals surface area contributed by atoms with Crippen molar-refractivity contribution < 1.29 is 4.39 Å². The molecule has 2 saturated heterocycles. The monoisotopic (exact) mass is 417 g/mol. The van der Waals surface area contributed by atoms with Gasteiger partial charge in [0.05, 0.1) is 22.2 Å². The molecule has 31 heavy (non-hydrogen) atoms. The van der Waals surface area contributed by atoms with Gasteiger partial charge in [0.25, 0.3) is 0 Å². The third kappa shape index (κ3) is 4.04. The van der Waals surface area contributed by atoms with Crippen LogP contribution in [0.2, 0.25) is 0 Å². The van der Waals surface area contributed by atoms with Gasteiger partial charge in [0.1, 0.15) is 11.9 Å². The molecule has 0 spiro atoms. The van der Waals surface area contributed by atoms with Crippen molar-refractivity contribution >= 4 is 16.6 Å². The summed E-state index contributed by atoms with van der Waals surface area (Å²) in [6.45, 7) is 7.28. The van der Waals surface area contributed by atoms with Gasteiger partial charge in [0.15, 0.2) is 0 Å². The number of nitrogens with one attached hydrogen (secondary N) is 2. The van der Waals surface area contributed by atoms with E-state index >= 15 is 0 Å². The predicted octanol–water partition coefficient (Wildman–Crippen LogP) is 3.97. The molecule has 0 amide bonds. The van der Waals surface area contributed by atoms with Crippen LogP contribution in [0, 0.1) is 17.1 Å². The van der Waals surface area contributed by atoms with E-state index in [1.165, 1.54) is 17.2 Å². The van der Waals surface area contributed by atoms with Gasteiger partial charge in [-0.25, -0.2) is 4.39 Å². The number of aromatic nitrogens is 1. The molecule has 3 heterocycles. The molecular weight excluding hydrogens is 389 g/mol. The fraction of sp³-hybridized carbons (Fsp3) is 0.400. The highest BCUT2D eigenvalue weighted by molar-refractivity contribution is 5.95. The van der Waals surface area contributed by atoms with Crippen LogP contribution in [0.1, 0.15) is 35.4 Å². The number of benzene rings is 2. The Kier molecular flexibility index (Phi) is 5.63. The summed E-state index contributed by atoms with van der Waals surface area (Å²) in [6, 6.07) is 14.6. The predicted molar refractivity (Wildman–Crippen MR) is 122 cm³/mol. The molecule has 2 aliphatic rings. The molecule has 160 valence electrons. The fourth-order valence-corrected chi connectivity index (χ4v) is 5.02. The Labute approximate surface area is 182 Å². The molecule has 5 nitrogen and oxygen atoms in total. The third-order valence-electron chi connectivity index (χ3n) is 6.79. The molecule has 2 N–H and O–H groups in total. The number of hydrogen-bond acceptors (Lipinski definition) is 4. The van der Waals surface area contributed by atoms with Crippen molar-refractivity contribution in [2.75, 3.05) is 44.2 Å². The Morgan fingerprint density at radius 3 is 2.45 bits per heavy atom. The van der Waals surface area contributed by atoms with Crippen LogP contribution in [-0.2, 0) is 6.54 Å². The van der Waals surface area contributed by atoms with Gasteiger partial charge in [-0.1, -0.05) is 24.3 Å². The highest BCUT2D eigenvalue weighted by Crippen LogP contribution is 2.35. The van der Waals surface area contributed by atoms with Crippen LogP contribution in [-0.4, -0.2) is 49.2 Å². The largest absolute Gasteiger partial charge is 0.370 e. The van der Waals surface area contributed by atoms with Crippen LogP contribution in [0.3, 0.4) is 0 Å². The number of nitriles is 1. The Bertz CT molecular complexity index is 1080. The number of nitrogens with zero attached hydrogens (tertiary/aromatic N) is 3. The molecule has 5 rings (SSSR count). The van der Waals surface area contributed by atoms with Crippen molar-refractivity contribution in [2.24, 2.45) is 0 Å². The van der Waals surface area contributed by atoms with Crippen molar-refractivity contribution in [3.05, 3.63) is 65.1 Å². The summed E-state index contributed by atoms with van der Waals surface area (Å²) in [4.78, 5) is 7.94. The minimum absolute atomic E-state index is 0.340. The maximum absolute atomic E-state index is 14.3. The second kappa shape index (κ2) is 8.70. The first kappa shape index (κ1) is 20.0. The number of anilines is 1. The lowest BCUT2D eigenvalue weighted by molar-refractivity contribution is 0.233. The Hall–Kier alpha value is -2.88. The van der Waals surface area contributed by atoms with Gasteiger partial charge in [-0.05, 0) is 42.0 Å². The molecule has 0 bridgehead atoms. The van der Waals surface area contributed by atoms with Crippen LogP contribution in [0.15, 0.2) is 42.6 Å². The molecule has 0 aliphatic carbocycles. The number of rotatable bonds is 4. The lowest BCUT2D eigenvalue weighted by Crippen LogP contribution is -2.42. The van der Waals surface area contributed by atoms with Gasteiger partial charge in [-0.3, -0.25) is 4.90 Å². The summed E-state index contributed by atoms with van der Waals surface area (Å²) in [6.07, 6.45) is 3.75. The van der Waals surface area contributed by atoms with Gasteiger partial charge in [0.2, 0.25) is 0 Å². The highest BCUT2D eigenvalue weighted by atomic mass is 19.1. The first-order chi connectivity index (χ1) is 15.2. The lowest BCUT2D eigenvalue weighted by atomic mass is 9.88. The number of piperazine rings is 1. The van der Waals surface area contributed by atoms with Crippen LogP contribution in [0.4, 0.5) is 10.1 Å². The summed E-state index contributed by atoms with van der Waals surface area (Å²) in [5.74, 6) is 0.214. The van der Waals surface area contributed by atoms with E-state index in [1.807, 2.05) is 6.07 Å². The fourth-order valence-electron chi connectivity index (χ4n) is 5.02. The third-order valence-corrected chi connectivity index (χ3v) is 6.79. The number of piperidine rings is 1. The normalized spacial score (nSPS) is 18.4. The minimum atomic E-state index is -0.340. The molecule has 2 fully saturated rings. The Balaban J connectivity index is 1.25. The SMILES string of the molecule is N#Cc1c[nH]c2c(N3CCC(c4ccc(CN5CCNCC5)cc4)CC3)ccc(F)c12. The van der Waals surface area contributed by atoms with E-state index < -0.39 is 0 Å². The van der Waals surface area contributed by atoms with Crippen molar-refractivity contribution in [1.29, 1.82) is 5.26 Å². The smallest absolute Gasteiger partial charge is 0.134 e. The molecule has 0 unspecified atom stereocenters. The Morgan fingerprint density at radius 2 is 1.74 bits per heavy atom. The Morgan fingerprint density at radius 1 is 1.00 bits per heavy atom. The van der Waals surface area contributed by atoms with E-state index in [4.69, 9.17) is 0 Å². The second-order valence-corrected chi connectivity index (χ2v) is 8.66. The van der Waals surface area contributed by atoms with E-state index in [0.29, 0.717) is 16.9 Å². The lowest BCUT2D eigenvalue weighted by Gasteiger charge is -2.34. The topological polar surface area (TPSA) is 58.1 Å². The van der Waals surface area contributed by atoms with Crippen LogP contribution in [0.5, 0.6) is 0 Å². The number of hydrogen-bond donors (Lipinski definition) is 2. The molecule has 1 aromatic heterocycles. The quantitative estimate of drug-likeness (QED) is 0.675. The van der Waals surface area contributed by atoms with Gasteiger partial charge in [-0.2, -0.15) is 5.26 Å². The zero-order valence-electron chi connectivity index (χ0n) is 17.7. The molecular formula is C25H28FN5. The van der Waals surface area contributed by atoms with E-state index in [9.17, 15) is 9.65 Å². The number of H-pyrrole nitrogens is 1. The standard InChI is InChI=1S/C25H28FN5/c26-22-5-6-23(25-24(22)21(15-27)16-29-25)31-11-7-20(8-12-31)19-3-1-18(2-4-19)17-30-13-9-28-10-14-30/h1-6,16,20,28-29H,7-14,17H2. The minimum Gasteiger partial charge on any atom is -0.370 e. The number of aromatic amines is 1. The van der Waals surface area contributed by atoms with Gasteiger partial charge < -0.3 is 15.2 Å². The van der Waals surface area contributed by atoms with E-state index in [1.54, 1.807) is 6.20 Å². The van der Waals surface area contributed by atoms with Crippen molar-refractivity contribution in [1.82, 2.24) is 15.2 Å². The average Bonchev–Trinajstić information content (AvgIpc) is 3.26. The zero-order valence-corrected chi connectivity index (χ0v) is 17.7. The first-order valence-electron chi connectivity index (χ1n) is 11.2. The molecule has 0 atom stereocenters. The maximum Gasteiger partial charge on any atom is 0.134 e.